The van der Waals surface area contributed by atoms with E-state index >= 15 is 0 Å². The second-order valence-electron chi connectivity index (χ2n) is 8.32. The van der Waals surface area contributed by atoms with E-state index in [0.29, 0.717) is 18.7 Å². The van der Waals surface area contributed by atoms with Crippen molar-refractivity contribution < 1.29 is 24.2 Å². The number of carbonyl (C=O) groups is 3. The molecule has 33 heavy (non-hydrogen) atoms. The Bertz CT molecular complexity index is 997. The molecule has 0 aromatic heterocycles. The van der Waals surface area contributed by atoms with Crippen LogP contribution in [0.15, 0.2) is 48.5 Å². The lowest BCUT2D eigenvalue weighted by atomic mass is 9.98. The van der Waals surface area contributed by atoms with Gasteiger partial charge in [-0.1, -0.05) is 55.5 Å². The van der Waals surface area contributed by atoms with Crippen molar-refractivity contribution in [3.05, 3.63) is 59.7 Å². The molecule has 2 N–H and O–H groups in total. The molecule has 2 aliphatic rings. The molecule has 2 atom stereocenters. The quantitative estimate of drug-likeness (QED) is 0.643. The molecule has 1 fully saturated rings. The molecule has 1 heterocycles. The van der Waals surface area contributed by atoms with Gasteiger partial charge in [0.2, 0.25) is 5.91 Å². The highest BCUT2D eigenvalue weighted by atomic mass is 32.2. The molecule has 2 amide bonds. The number of alkyl carbamates (subject to hydrolysis) is 1. The van der Waals surface area contributed by atoms with E-state index in [2.05, 4.69) is 29.6 Å². The topological polar surface area (TPSA) is 95.9 Å². The molecule has 0 bridgehead atoms. The van der Waals surface area contributed by atoms with E-state index in [0.717, 1.165) is 11.1 Å². The summed E-state index contributed by atoms with van der Waals surface area (Å²) in [5.41, 5.74) is 4.62. The Morgan fingerprint density at radius 1 is 1.12 bits per heavy atom. The lowest BCUT2D eigenvalue weighted by molar-refractivity contribution is -0.138. The minimum absolute atomic E-state index is 0.0244. The fourth-order valence-corrected chi connectivity index (χ4v) is 5.51. The van der Waals surface area contributed by atoms with Crippen LogP contribution >= 0.6 is 11.8 Å². The first-order chi connectivity index (χ1) is 16.0. The molecule has 0 saturated carbocycles. The minimum atomic E-state index is -0.902. The van der Waals surface area contributed by atoms with Crippen molar-refractivity contribution in [2.45, 2.75) is 37.0 Å². The number of nitrogens with zero attached hydrogens (tertiary/aromatic N) is 1. The third-order valence-corrected chi connectivity index (χ3v) is 7.45. The predicted octanol–water partition coefficient (Wildman–Crippen LogP) is 3.72. The monoisotopic (exact) mass is 468 g/mol. The number of hydrogen-bond donors (Lipinski definition) is 2. The largest absolute Gasteiger partial charge is 0.480 e. The smallest absolute Gasteiger partial charge is 0.407 e. The number of hydrogen-bond acceptors (Lipinski definition) is 5. The molecular formula is C25H28N2O5S. The van der Waals surface area contributed by atoms with Gasteiger partial charge in [-0.25, -0.2) is 4.79 Å². The van der Waals surface area contributed by atoms with Gasteiger partial charge in [-0.2, -0.15) is 0 Å². The molecule has 0 radical (unpaired) electrons. The number of carboxylic acids is 1. The number of nitrogens with one attached hydrogen (secondary N) is 1. The minimum Gasteiger partial charge on any atom is -0.480 e. The van der Waals surface area contributed by atoms with Crippen LogP contribution in [0, 0.1) is 0 Å². The summed E-state index contributed by atoms with van der Waals surface area (Å²) in [6, 6.07) is 15.9. The van der Waals surface area contributed by atoms with Gasteiger partial charge in [0.1, 0.15) is 11.9 Å². The number of amides is 2. The van der Waals surface area contributed by atoms with Gasteiger partial charge in [0.25, 0.3) is 0 Å². The Labute approximate surface area is 197 Å². The molecular weight excluding hydrogens is 440 g/mol. The van der Waals surface area contributed by atoms with Crippen LogP contribution in [0.5, 0.6) is 0 Å². The summed E-state index contributed by atoms with van der Waals surface area (Å²) in [5, 5.41) is 11.4. The summed E-state index contributed by atoms with van der Waals surface area (Å²) in [7, 11) is 0. The standard InChI is InChI=1S/C25H28N2O5S/c1-2-16(13-23(28)27-11-12-33-22(14-27)24(29)30)26-25(31)32-15-21-19-9-5-3-7-17(19)18-8-4-6-10-20(18)21/h3-10,16,21-22H,2,11-15H2,1H3,(H,26,31)(H,29,30)/t16-,22?/m1/s1. The first-order valence-electron chi connectivity index (χ1n) is 11.2. The van der Waals surface area contributed by atoms with Crippen molar-refractivity contribution in [3.63, 3.8) is 0 Å². The summed E-state index contributed by atoms with van der Waals surface area (Å²) >= 11 is 1.35. The van der Waals surface area contributed by atoms with Crippen LogP contribution < -0.4 is 5.32 Å². The lowest BCUT2D eigenvalue weighted by Gasteiger charge is -2.31. The van der Waals surface area contributed by atoms with Gasteiger partial charge in [0, 0.05) is 37.2 Å². The number of aliphatic carboxylic acids is 1. The van der Waals surface area contributed by atoms with Crippen LogP contribution in [0.4, 0.5) is 4.79 Å². The number of ether oxygens (including phenoxy) is 1. The Hall–Kier alpha value is -3.00. The predicted molar refractivity (Wildman–Crippen MR) is 127 cm³/mol. The van der Waals surface area contributed by atoms with Gasteiger partial charge in [0.15, 0.2) is 0 Å². The highest BCUT2D eigenvalue weighted by Crippen LogP contribution is 2.44. The Morgan fingerprint density at radius 3 is 2.36 bits per heavy atom. The van der Waals surface area contributed by atoms with E-state index < -0.39 is 17.3 Å². The maximum Gasteiger partial charge on any atom is 0.407 e. The number of fused-ring (bicyclic) bond motifs is 3. The molecule has 4 rings (SSSR count). The van der Waals surface area contributed by atoms with E-state index in [-0.39, 0.29) is 37.4 Å². The average molecular weight is 469 g/mol. The molecule has 8 heteroatoms. The summed E-state index contributed by atoms with van der Waals surface area (Å²) in [4.78, 5) is 38.1. The second kappa shape index (κ2) is 10.3. The maximum absolute atomic E-state index is 12.7. The molecule has 1 saturated heterocycles. The third-order valence-electron chi connectivity index (χ3n) is 6.27. The van der Waals surface area contributed by atoms with Gasteiger partial charge in [0.05, 0.1) is 0 Å². The molecule has 2 aromatic carbocycles. The zero-order chi connectivity index (χ0) is 23.4. The SMILES string of the molecule is CC[C@H](CC(=O)N1CCSC(C(=O)O)C1)NC(=O)OCC1c2ccccc2-c2ccccc21. The maximum atomic E-state index is 12.7. The molecule has 7 nitrogen and oxygen atoms in total. The number of carboxylic acid groups (broad SMARTS) is 1. The number of carbonyl (C=O) groups excluding carboxylic acids is 2. The van der Waals surface area contributed by atoms with Crippen molar-refractivity contribution >= 4 is 29.7 Å². The van der Waals surface area contributed by atoms with Crippen LogP contribution in [-0.2, 0) is 14.3 Å². The first kappa shape index (κ1) is 23.2. The fourth-order valence-electron chi connectivity index (χ4n) is 4.47. The Morgan fingerprint density at radius 2 is 1.76 bits per heavy atom. The third kappa shape index (κ3) is 5.16. The van der Waals surface area contributed by atoms with Gasteiger partial charge >= 0.3 is 12.1 Å². The van der Waals surface area contributed by atoms with Crippen LogP contribution in [0.2, 0.25) is 0 Å². The summed E-state index contributed by atoms with van der Waals surface area (Å²) in [6.45, 7) is 2.83. The van der Waals surface area contributed by atoms with E-state index in [9.17, 15) is 19.5 Å². The van der Waals surface area contributed by atoms with Crippen molar-refractivity contribution in [3.8, 4) is 11.1 Å². The molecule has 174 valence electrons. The first-order valence-corrected chi connectivity index (χ1v) is 12.3. The highest BCUT2D eigenvalue weighted by molar-refractivity contribution is 8.00. The average Bonchev–Trinajstić information content (AvgIpc) is 3.16. The van der Waals surface area contributed by atoms with Gasteiger partial charge in [-0.05, 0) is 28.7 Å². The van der Waals surface area contributed by atoms with Crippen LogP contribution in [-0.4, -0.2) is 64.7 Å². The van der Waals surface area contributed by atoms with E-state index in [1.165, 1.54) is 22.9 Å². The van der Waals surface area contributed by atoms with Crippen molar-refractivity contribution in [1.82, 2.24) is 10.2 Å². The second-order valence-corrected chi connectivity index (χ2v) is 9.63. The molecule has 1 aliphatic heterocycles. The van der Waals surface area contributed by atoms with E-state index in [4.69, 9.17) is 4.74 Å². The van der Waals surface area contributed by atoms with Crippen molar-refractivity contribution in [2.24, 2.45) is 0 Å². The van der Waals surface area contributed by atoms with Gasteiger partial charge in [-0.3, -0.25) is 9.59 Å². The summed E-state index contributed by atoms with van der Waals surface area (Å²) in [5.74, 6) is -0.475. The molecule has 2 aromatic rings. The summed E-state index contributed by atoms with van der Waals surface area (Å²) < 4.78 is 5.59. The van der Waals surface area contributed by atoms with Crippen LogP contribution in [0.3, 0.4) is 0 Å². The molecule has 1 unspecified atom stereocenters. The van der Waals surface area contributed by atoms with Crippen molar-refractivity contribution in [2.75, 3.05) is 25.4 Å². The zero-order valence-corrected chi connectivity index (χ0v) is 19.3. The normalized spacial score (nSPS) is 18.2. The summed E-state index contributed by atoms with van der Waals surface area (Å²) in [6.07, 6.45) is 0.146. The van der Waals surface area contributed by atoms with Crippen LogP contribution in [0.25, 0.3) is 11.1 Å². The Balaban J connectivity index is 1.33. The van der Waals surface area contributed by atoms with Crippen molar-refractivity contribution in [1.29, 1.82) is 0 Å². The number of rotatable bonds is 7. The molecule has 0 spiro atoms. The molecule has 1 aliphatic carbocycles. The Kier molecular flexibility index (Phi) is 7.23. The zero-order valence-electron chi connectivity index (χ0n) is 18.5. The lowest BCUT2D eigenvalue weighted by Crippen LogP contribution is -2.47. The van der Waals surface area contributed by atoms with Gasteiger partial charge in [-0.15, -0.1) is 11.8 Å². The van der Waals surface area contributed by atoms with E-state index in [1.54, 1.807) is 4.90 Å². The van der Waals surface area contributed by atoms with Crippen LogP contribution in [0.1, 0.15) is 36.8 Å². The van der Waals surface area contributed by atoms with Gasteiger partial charge < -0.3 is 20.1 Å². The fraction of sp³-hybridized carbons (Fsp3) is 0.400. The number of thioether (sulfide) groups is 1. The highest BCUT2D eigenvalue weighted by Gasteiger charge is 2.31. The number of benzene rings is 2. The van der Waals surface area contributed by atoms with E-state index in [1.807, 2.05) is 31.2 Å².